The second kappa shape index (κ2) is 4.04. The number of hydrogen-bond donors (Lipinski definition) is 3. The maximum absolute atomic E-state index is 9.76. The molecule has 0 aliphatic rings. The Hall–Kier alpha value is -0.120. The Labute approximate surface area is 67.7 Å². The van der Waals surface area contributed by atoms with E-state index in [2.05, 4.69) is 0 Å². The van der Waals surface area contributed by atoms with Crippen molar-refractivity contribution in [1.82, 2.24) is 0 Å². The first-order chi connectivity index (χ1) is 4.99. The van der Waals surface area contributed by atoms with Crippen LogP contribution in [-0.4, -0.2) is 33.6 Å². The maximum Gasteiger partial charge on any atom is 0.106 e. The molecule has 0 bridgehead atoms. The Morgan fingerprint density at radius 1 is 1.36 bits per heavy atom. The zero-order valence-corrected chi connectivity index (χ0v) is 7.41. The van der Waals surface area contributed by atoms with Gasteiger partial charge in [0.1, 0.15) is 6.10 Å². The highest BCUT2D eigenvalue weighted by Gasteiger charge is 2.36. The SMILES string of the molecule is CCC(O)(C(C)C)C(O)CO. The molecule has 3 nitrogen and oxygen atoms in total. The van der Waals surface area contributed by atoms with Crippen LogP contribution in [0.1, 0.15) is 27.2 Å². The third-order valence-electron chi connectivity index (χ3n) is 2.32. The van der Waals surface area contributed by atoms with Gasteiger partial charge in [0.05, 0.1) is 12.2 Å². The van der Waals surface area contributed by atoms with Gasteiger partial charge in [-0.3, -0.25) is 0 Å². The van der Waals surface area contributed by atoms with Gasteiger partial charge in [-0.25, -0.2) is 0 Å². The highest BCUT2D eigenvalue weighted by molar-refractivity contribution is 4.87. The minimum Gasteiger partial charge on any atom is -0.394 e. The molecule has 11 heavy (non-hydrogen) atoms. The molecule has 0 amide bonds. The van der Waals surface area contributed by atoms with Crippen molar-refractivity contribution in [2.45, 2.75) is 38.9 Å². The third kappa shape index (κ3) is 2.15. The first-order valence-corrected chi connectivity index (χ1v) is 4.00. The van der Waals surface area contributed by atoms with Crippen LogP contribution in [0.15, 0.2) is 0 Å². The lowest BCUT2D eigenvalue weighted by Gasteiger charge is -2.34. The Bertz CT molecular complexity index is 114. The Morgan fingerprint density at radius 3 is 1.91 bits per heavy atom. The molecule has 0 aromatic carbocycles. The van der Waals surface area contributed by atoms with Gasteiger partial charge in [-0.1, -0.05) is 20.8 Å². The van der Waals surface area contributed by atoms with E-state index in [-0.39, 0.29) is 12.5 Å². The van der Waals surface area contributed by atoms with E-state index in [4.69, 9.17) is 5.11 Å². The van der Waals surface area contributed by atoms with Crippen LogP contribution >= 0.6 is 0 Å². The number of rotatable bonds is 4. The molecule has 0 radical (unpaired) electrons. The van der Waals surface area contributed by atoms with E-state index < -0.39 is 11.7 Å². The van der Waals surface area contributed by atoms with Crippen molar-refractivity contribution in [2.24, 2.45) is 5.92 Å². The molecule has 0 aromatic rings. The molecule has 0 fully saturated rings. The fourth-order valence-corrected chi connectivity index (χ4v) is 1.19. The first kappa shape index (κ1) is 10.9. The van der Waals surface area contributed by atoms with Gasteiger partial charge in [0.15, 0.2) is 0 Å². The summed E-state index contributed by atoms with van der Waals surface area (Å²) >= 11 is 0. The maximum atomic E-state index is 9.76. The quantitative estimate of drug-likeness (QED) is 0.551. The topological polar surface area (TPSA) is 60.7 Å². The van der Waals surface area contributed by atoms with E-state index in [1.165, 1.54) is 0 Å². The Morgan fingerprint density at radius 2 is 1.82 bits per heavy atom. The van der Waals surface area contributed by atoms with Crippen molar-refractivity contribution in [2.75, 3.05) is 6.61 Å². The van der Waals surface area contributed by atoms with Crippen molar-refractivity contribution in [1.29, 1.82) is 0 Å². The summed E-state index contributed by atoms with van der Waals surface area (Å²) in [5, 5.41) is 27.6. The largest absolute Gasteiger partial charge is 0.394 e. The monoisotopic (exact) mass is 162 g/mol. The van der Waals surface area contributed by atoms with Crippen LogP contribution < -0.4 is 0 Å². The van der Waals surface area contributed by atoms with Gasteiger partial charge >= 0.3 is 0 Å². The molecule has 0 spiro atoms. The van der Waals surface area contributed by atoms with Gasteiger partial charge in [0, 0.05) is 0 Å². The van der Waals surface area contributed by atoms with Gasteiger partial charge in [-0.15, -0.1) is 0 Å². The molecule has 3 heteroatoms. The lowest BCUT2D eigenvalue weighted by molar-refractivity contribution is -0.123. The minimum atomic E-state index is -1.14. The van der Waals surface area contributed by atoms with Crippen molar-refractivity contribution in [3.05, 3.63) is 0 Å². The molecule has 2 unspecified atom stereocenters. The molecule has 0 aromatic heterocycles. The summed E-state index contributed by atoms with van der Waals surface area (Å²) < 4.78 is 0. The molecule has 2 atom stereocenters. The smallest absolute Gasteiger partial charge is 0.106 e. The summed E-state index contributed by atoms with van der Waals surface area (Å²) in [7, 11) is 0. The Balaban J connectivity index is 4.32. The normalized spacial score (nSPS) is 19.9. The van der Waals surface area contributed by atoms with E-state index in [0.717, 1.165) is 0 Å². The molecule has 0 aliphatic carbocycles. The fourth-order valence-electron chi connectivity index (χ4n) is 1.19. The molecule has 0 heterocycles. The minimum absolute atomic E-state index is 0.0466. The van der Waals surface area contributed by atoms with E-state index in [0.29, 0.717) is 6.42 Å². The summed E-state index contributed by atoms with van der Waals surface area (Å²) in [4.78, 5) is 0. The fraction of sp³-hybridized carbons (Fsp3) is 1.00. The predicted octanol–water partition coefficient (Wildman–Crippen LogP) is 0.137. The highest BCUT2D eigenvalue weighted by Crippen LogP contribution is 2.24. The average Bonchev–Trinajstić information content (AvgIpc) is 2.01. The van der Waals surface area contributed by atoms with Crippen LogP contribution in [-0.2, 0) is 0 Å². The van der Waals surface area contributed by atoms with E-state index >= 15 is 0 Å². The van der Waals surface area contributed by atoms with Gasteiger partial charge in [-0.05, 0) is 12.3 Å². The zero-order valence-electron chi connectivity index (χ0n) is 7.41. The van der Waals surface area contributed by atoms with Crippen LogP contribution in [0, 0.1) is 5.92 Å². The van der Waals surface area contributed by atoms with Gasteiger partial charge in [0.2, 0.25) is 0 Å². The molecule has 0 saturated heterocycles. The van der Waals surface area contributed by atoms with Crippen LogP contribution in [0.5, 0.6) is 0 Å². The van der Waals surface area contributed by atoms with E-state index in [1.54, 1.807) is 6.92 Å². The average molecular weight is 162 g/mol. The molecule has 0 aliphatic heterocycles. The van der Waals surface area contributed by atoms with Gasteiger partial charge < -0.3 is 15.3 Å². The van der Waals surface area contributed by atoms with Crippen LogP contribution in [0.3, 0.4) is 0 Å². The number of aliphatic hydroxyl groups is 3. The van der Waals surface area contributed by atoms with Crippen molar-refractivity contribution in [3.8, 4) is 0 Å². The highest BCUT2D eigenvalue weighted by atomic mass is 16.4. The molecule has 3 N–H and O–H groups in total. The summed E-state index contributed by atoms with van der Waals surface area (Å²) in [6, 6.07) is 0. The molecule has 68 valence electrons. The van der Waals surface area contributed by atoms with Gasteiger partial charge in [0.25, 0.3) is 0 Å². The van der Waals surface area contributed by atoms with Crippen molar-refractivity contribution < 1.29 is 15.3 Å². The lowest BCUT2D eigenvalue weighted by Crippen LogP contribution is -2.48. The van der Waals surface area contributed by atoms with Gasteiger partial charge in [-0.2, -0.15) is 0 Å². The summed E-state index contributed by atoms with van der Waals surface area (Å²) in [5.74, 6) is -0.0466. The van der Waals surface area contributed by atoms with E-state index in [1.807, 2.05) is 13.8 Å². The van der Waals surface area contributed by atoms with Crippen LogP contribution in [0.25, 0.3) is 0 Å². The number of aliphatic hydroxyl groups excluding tert-OH is 2. The Kier molecular flexibility index (Phi) is 4.00. The van der Waals surface area contributed by atoms with Crippen molar-refractivity contribution in [3.63, 3.8) is 0 Å². The molecular weight excluding hydrogens is 144 g/mol. The summed E-state index contributed by atoms with van der Waals surface area (Å²) in [6.45, 7) is 5.05. The summed E-state index contributed by atoms with van der Waals surface area (Å²) in [6.07, 6.45) is -0.584. The van der Waals surface area contributed by atoms with Crippen LogP contribution in [0.4, 0.5) is 0 Å². The second-order valence-corrected chi connectivity index (χ2v) is 3.20. The second-order valence-electron chi connectivity index (χ2n) is 3.20. The van der Waals surface area contributed by atoms with Crippen LogP contribution in [0.2, 0.25) is 0 Å². The third-order valence-corrected chi connectivity index (χ3v) is 2.32. The molecule has 0 rings (SSSR count). The van der Waals surface area contributed by atoms with Crippen molar-refractivity contribution >= 4 is 0 Å². The molecule has 0 saturated carbocycles. The standard InChI is InChI=1S/C8H18O3/c1-4-8(11,6(2)3)7(10)5-9/h6-7,9-11H,4-5H2,1-3H3. The summed E-state index contributed by atoms with van der Waals surface area (Å²) in [5.41, 5.74) is -1.14. The first-order valence-electron chi connectivity index (χ1n) is 4.00. The predicted molar refractivity (Wildman–Crippen MR) is 43.2 cm³/mol. The number of hydrogen-bond acceptors (Lipinski definition) is 3. The lowest BCUT2D eigenvalue weighted by atomic mass is 9.83. The zero-order chi connectivity index (χ0) is 9.07. The van der Waals surface area contributed by atoms with E-state index in [9.17, 15) is 10.2 Å². The molecular formula is C8H18O3.